The van der Waals surface area contributed by atoms with Gasteiger partial charge in [0.25, 0.3) is 5.69 Å². The molecule has 0 bridgehead atoms. The molecule has 1 N–H and O–H groups in total. The Bertz CT molecular complexity index is 621. The lowest BCUT2D eigenvalue weighted by atomic mass is 9.90. The van der Waals surface area contributed by atoms with Crippen molar-refractivity contribution in [3.63, 3.8) is 0 Å². The topological polar surface area (TPSA) is 67.6 Å². The summed E-state index contributed by atoms with van der Waals surface area (Å²) in [4.78, 5) is 13.6. The van der Waals surface area contributed by atoms with E-state index < -0.39 is 0 Å². The third-order valence-corrected chi connectivity index (χ3v) is 5.96. The van der Waals surface area contributed by atoms with E-state index in [1.165, 1.54) is 25.7 Å². The van der Waals surface area contributed by atoms with E-state index in [-0.39, 0.29) is 10.6 Å². The number of nitro groups is 1. The van der Waals surface area contributed by atoms with Gasteiger partial charge < -0.3 is 15.0 Å². The zero-order valence-electron chi connectivity index (χ0n) is 16.7. The summed E-state index contributed by atoms with van der Waals surface area (Å²) in [5.74, 6) is 0. The average Bonchev–Trinajstić information content (AvgIpc) is 2.67. The number of benzene rings is 1. The van der Waals surface area contributed by atoms with E-state index in [4.69, 9.17) is 4.74 Å². The molecule has 0 radical (unpaired) electrons. The second-order valence-electron chi connectivity index (χ2n) is 8.03. The highest BCUT2D eigenvalue weighted by atomic mass is 16.6. The molecule has 3 rings (SSSR count). The summed E-state index contributed by atoms with van der Waals surface area (Å²) >= 11 is 0. The molecule has 1 aliphatic carbocycles. The molecule has 0 atom stereocenters. The molecule has 2 fully saturated rings. The molecule has 1 aromatic rings. The lowest BCUT2D eigenvalue weighted by Gasteiger charge is -2.41. The van der Waals surface area contributed by atoms with Crippen LogP contribution in [-0.4, -0.2) is 47.7 Å². The number of ether oxygens (including phenoxy) is 1. The lowest BCUT2D eigenvalue weighted by molar-refractivity contribution is -0.384. The molecule has 2 aliphatic rings. The number of likely N-dealkylation sites (tertiary alicyclic amines) is 1. The minimum atomic E-state index is -0.296. The third kappa shape index (κ3) is 5.42. The summed E-state index contributed by atoms with van der Waals surface area (Å²) in [6.45, 7) is 7.16. The van der Waals surface area contributed by atoms with Crippen LogP contribution >= 0.6 is 0 Å². The van der Waals surface area contributed by atoms with E-state index in [0.717, 1.165) is 44.5 Å². The van der Waals surface area contributed by atoms with Gasteiger partial charge in [-0.2, -0.15) is 0 Å². The predicted octanol–water partition coefficient (Wildman–Crippen LogP) is 4.52. The van der Waals surface area contributed by atoms with Crippen molar-refractivity contribution in [2.45, 2.75) is 77.0 Å². The molecule has 27 heavy (non-hydrogen) atoms. The number of anilines is 1. The number of nitrogens with one attached hydrogen (secondary N) is 1. The van der Waals surface area contributed by atoms with Crippen LogP contribution in [0, 0.1) is 17.0 Å². The molecular formula is C21H33N3O3. The fourth-order valence-corrected chi connectivity index (χ4v) is 4.42. The normalized spacial score (nSPS) is 24.7. The maximum absolute atomic E-state index is 11.3. The minimum absolute atomic E-state index is 0.174. The molecule has 1 saturated carbocycles. The van der Waals surface area contributed by atoms with Crippen molar-refractivity contribution in [3.05, 3.63) is 33.9 Å². The van der Waals surface area contributed by atoms with Crippen LogP contribution in [0.4, 0.5) is 11.4 Å². The third-order valence-electron chi connectivity index (χ3n) is 5.96. The standard InChI is InChI=1S/C21H33N3O3/c1-3-14-27-19-7-5-18(6-8-19)23-12-10-17(11-13-23)22-20-15-16(2)4-9-21(20)24(25)26/h4,9,15,17-19,22H,3,5-8,10-14H2,1-2H3. The smallest absolute Gasteiger partial charge is 0.292 e. The fraction of sp³-hybridized carbons (Fsp3) is 0.714. The Balaban J connectivity index is 1.47. The Kier molecular flexibility index (Phi) is 7.07. The van der Waals surface area contributed by atoms with Gasteiger partial charge in [-0.1, -0.05) is 13.0 Å². The zero-order chi connectivity index (χ0) is 19.2. The summed E-state index contributed by atoms with van der Waals surface area (Å²) in [5, 5.41) is 14.7. The van der Waals surface area contributed by atoms with Crippen molar-refractivity contribution in [1.29, 1.82) is 0 Å². The quantitative estimate of drug-likeness (QED) is 0.561. The first-order valence-corrected chi connectivity index (χ1v) is 10.4. The summed E-state index contributed by atoms with van der Waals surface area (Å²) < 4.78 is 5.91. The second kappa shape index (κ2) is 9.51. The van der Waals surface area contributed by atoms with Crippen molar-refractivity contribution in [2.75, 3.05) is 25.0 Å². The molecule has 1 aliphatic heterocycles. The summed E-state index contributed by atoms with van der Waals surface area (Å²) in [6, 6.07) is 6.28. The molecular weight excluding hydrogens is 342 g/mol. The molecule has 1 heterocycles. The molecule has 0 unspecified atom stereocenters. The summed E-state index contributed by atoms with van der Waals surface area (Å²) in [5.41, 5.74) is 1.88. The van der Waals surface area contributed by atoms with E-state index in [1.54, 1.807) is 12.1 Å². The van der Waals surface area contributed by atoms with E-state index >= 15 is 0 Å². The van der Waals surface area contributed by atoms with Gasteiger partial charge in [0.1, 0.15) is 5.69 Å². The van der Waals surface area contributed by atoms with Crippen molar-refractivity contribution >= 4 is 11.4 Å². The van der Waals surface area contributed by atoms with Crippen molar-refractivity contribution in [3.8, 4) is 0 Å². The Morgan fingerprint density at radius 1 is 1.19 bits per heavy atom. The molecule has 1 saturated heterocycles. The van der Waals surface area contributed by atoms with E-state index in [1.807, 2.05) is 13.0 Å². The number of piperidine rings is 1. The van der Waals surface area contributed by atoms with E-state index in [0.29, 0.717) is 23.9 Å². The molecule has 150 valence electrons. The van der Waals surface area contributed by atoms with Crippen molar-refractivity contribution in [2.24, 2.45) is 0 Å². The lowest BCUT2D eigenvalue weighted by Crippen LogP contribution is -2.46. The molecule has 0 aromatic heterocycles. The molecule has 0 amide bonds. The van der Waals surface area contributed by atoms with Crippen molar-refractivity contribution in [1.82, 2.24) is 4.90 Å². The second-order valence-corrected chi connectivity index (χ2v) is 8.03. The van der Waals surface area contributed by atoms with E-state index in [2.05, 4.69) is 17.1 Å². The van der Waals surface area contributed by atoms with Crippen LogP contribution in [0.2, 0.25) is 0 Å². The van der Waals surface area contributed by atoms with Crippen molar-refractivity contribution < 1.29 is 9.66 Å². The monoisotopic (exact) mass is 375 g/mol. The molecule has 1 aromatic carbocycles. The number of hydrogen-bond donors (Lipinski definition) is 1. The number of hydrogen-bond acceptors (Lipinski definition) is 5. The van der Waals surface area contributed by atoms with Crippen LogP contribution in [0.3, 0.4) is 0 Å². The first kappa shape index (κ1) is 20.1. The molecule has 6 nitrogen and oxygen atoms in total. The van der Waals surface area contributed by atoms with Gasteiger partial charge in [0.05, 0.1) is 11.0 Å². The van der Waals surface area contributed by atoms with Crippen LogP contribution in [0.15, 0.2) is 18.2 Å². The van der Waals surface area contributed by atoms with Crippen LogP contribution in [0.5, 0.6) is 0 Å². The maximum atomic E-state index is 11.3. The van der Waals surface area contributed by atoms with Gasteiger partial charge in [0.2, 0.25) is 0 Å². The van der Waals surface area contributed by atoms with E-state index in [9.17, 15) is 10.1 Å². The fourth-order valence-electron chi connectivity index (χ4n) is 4.42. The van der Waals surface area contributed by atoms with Gasteiger partial charge in [0, 0.05) is 37.8 Å². The van der Waals surface area contributed by atoms with Crippen LogP contribution in [-0.2, 0) is 4.74 Å². The van der Waals surface area contributed by atoms with Gasteiger partial charge in [0.15, 0.2) is 0 Å². The zero-order valence-corrected chi connectivity index (χ0v) is 16.7. The van der Waals surface area contributed by atoms with Gasteiger partial charge in [-0.05, 0) is 63.5 Å². The molecule has 6 heteroatoms. The van der Waals surface area contributed by atoms with Gasteiger partial charge in [-0.3, -0.25) is 10.1 Å². The number of aryl methyl sites for hydroxylation is 1. The molecule has 0 spiro atoms. The number of rotatable bonds is 7. The average molecular weight is 376 g/mol. The summed E-state index contributed by atoms with van der Waals surface area (Å²) in [6.07, 6.45) is 8.46. The highest BCUT2D eigenvalue weighted by Gasteiger charge is 2.29. The van der Waals surface area contributed by atoms with Gasteiger partial charge >= 0.3 is 0 Å². The van der Waals surface area contributed by atoms with Gasteiger partial charge in [-0.15, -0.1) is 0 Å². The van der Waals surface area contributed by atoms with Crippen LogP contribution in [0.25, 0.3) is 0 Å². The highest BCUT2D eigenvalue weighted by molar-refractivity contribution is 5.63. The Hall–Kier alpha value is -1.66. The Morgan fingerprint density at radius 3 is 2.52 bits per heavy atom. The minimum Gasteiger partial charge on any atom is -0.378 e. The van der Waals surface area contributed by atoms with Crippen LogP contribution in [0.1, 0.15) is 57.4 Å². The Morgan fingerprint density at radius 2 is 1.89 bits per heavy atom. The van der Waals surface area contributed by atoms with Gasteiger partial charge in [-0.25, -0.2) is 0 Å². The predicted molar refractivity (Wildman–Crippen MR) is 108 cm³/mol. The number of nitro benzene ring substituents is 1. The summed E-state index contributed by atoms with van der Waals surface area (Å²) in [7, 11) is 0. The SMILES string of the molecule is CCCOC1CCC(N2CCC(Nc3cc(C)ccc3[N+](=O)[O-])CC2)CC1. The number of nitrogens with zero attached hydrogens (tertiary/aromatic N) is 2. The van der Waals surface area contributed by atoms with Crippen LogP contribution < -0.4 is 5.32 Å². The highest BCUT2D eigenvalue weighted by Crippen LogP contribution is 2.30. The largest absolute Gasteiger partial charge is 0.378 e. The Labute approximate surface area is 162 Å². The maximum Gasteiger partial charge on any atom is 0.292 e. The first-order chi connectivity index (χ1) is 13.1. The first-order valence-electron chi connectivity index (χ1n) is 10.4.